The number of esters is 1. The van der Waals surface area contributed by atoms with Crippen molar-refractivity contribution in [3.8, 4) is 0 Å². The van der Waals surface area contributed by atoms with Crippen molar-refractivity contribution in [2.75, 3.05) is 5.32 Å². The fourth-order valence-corrected chi connectivity index (χ4v) is 3.24. The molecule has 0 spiro atoms. The van der Waals surface area contributed by atoms with Gasteiger partial charge in [0.25, 0.3) is 11.5 Å². The van der Waals surface area contributed by atoms with Gasteiger partial charge >= 0.3 is 5.97 Å². The maximum atomic E-state index is 12.3. The largest absolute Gasteiger partial charge is 0.452 e. The van der Waals surface area contributed by atoms with Gasteiger partial charge in [-0.15, -0.1) is 11.3 Å². The van der Waals surface area contributed by atoms with Crippen LogP contribution < -0.4 is 10.9 Å². The summed E-state index contributed by atoms with van der Waals surface area (Å²) in [5.74, 6) is -0.962. The first-order valence-corrected chi connectivity index (χ1v) is 9.32. The van der Waals surface area contributed by atoms with Crippen LogP contribution in [0, 0.1) is 6.92 Å². The van der Waals surface area contributed by atoms with Crippen molar-refractivity contribution in [3.63, 3.8) is 0 Å². The molecule has 0 radical (unpaired) electrons. The van der Waals surface area contributed by atoms with Gasteiger partial charge in [-0.2, -0.15) is 0 Å². The molecule has 7 nitrogen and oxygen atoms in total. The minimum absolute atomic E-state index is 0.0286. The monoisotopic (exact) mass is 385 g/mol. The maximum Gasteiger partial charge on any atom is 0.308 e. The van der Waals surface area contributed by atoms with Crippen molar-refractivity contribution < 1.29 is 14.3 Å². The van der Waals surface area contributed by atoms with Crippen LogP contribution in [0.1, 0.15) is 18.9 Å². The molecule has 0 bridgehead atoms. The zero-order valence-corrected chi connectivity index (χ0v) is 15.8. The number of benzene rings is 1. The molecule has 8 heteroatoms. The number of nitrogens with zero attached hydrogens (tertiary/aromatic N) is 2. The lowest BCUT2D eigenvalue weighted by Gasteiger charge is -2.15. The molecular formula is C19H19N3O4S. The Morgan fingerprint density at radius 3 is 2.85 bits per heavy atom. The Balaban J connectivity index is 1.55. The van der Waals surface area contributed by atoms with Crippen LogP contribution in [0.2, 0.25) is 0 Å². The Bertz CT molecular complexity index is 1040. The van der Waals surface area contributed by atoms with Gasteiger partial charge < -0.3 is 10.1 Å². The van der Waals surface area contributed by atoms with Crippen molar-refractivity contribution in [2.45, 2.75) is 32.9 Å². The van der Waals surface area contributed by atoms with Gasteiger partial charge in [0, 0.05) is 12.2 Å². The number of amides is 1. The average molecular weight is 385 g/mol. The van der Waals surface area contributed by atoms with E-state index < -0.39 is 18.0 Å². The van der Waals surface area contributed by atoms with E-state index in [1.807, 2.05) is 25.1 Å². The van der Waals surface area contributed by atoms with E-state index in [4.69, 9.17) is 4.74 Å². The highest BCUT2D eigenvalue weighted by Crippen LogP contribution is 2.14. The second-order valence-electron chi connectivity index (χ2n) is 6.07. The standard InChI is InChI=1S/C19H19N3O4S/c1-12-5-3-4-6-15(12)21-17(24)13(2)26-16(23)7-9-22-11-20-18-14(19(22)25)8-10-27-18/h3-6,8,10-11,13H,7,9H2,1-2H3,(H,21,24). The topological polar surface area (TPSA) is 90.3 Å². The molecule has 27 heavy (non-hydrogen) atoms. The second-order valence-corrected chi connectivity index (χ2v) is 6.96. The summed E-state index contributed by atoms with van der Waals surface area (Å²) in [6.07, 6.45) is 0.452. The molecule has 0 aliphatic heterocycles. The molecule has 140 valence electrons. The van der Waals surface area contributed by atoms with Crippen LogP contribution in [0.5, 0.6) is 0 Å². The molecular weight excluding hydrogens is 366 g/mol. The highest BCUT2D eigenvalue weighted by molar-refractivity contribution is 7.16. The summed E-state index contributed by atoms with van der Waals surface area (Å²) in [6.45, 7) is 3.53. The number of aromatic nitrogens is 2. The first kappa shape index (κ1) is 18.8. The summed E-state index contributed by atoms with van der Waals surface area (Å²) in [5, 5.41) is 5.06. The number of carbonyl (C=O) groups excluding carboxylic acids is 2. The molecule has 0 fully saturated rings. The van der Waals surface area contributed by atoms with Crippen molar-refractivity contribution in [3.05, 3.63) is 58.0 Å². The summed E-state index contributed by atoms with van der Waals surface area (Å²) in [4.78, 5) is 41.4. The average Bonchev–Trinajstić information content (AvgIpc) is 3.12. The van der Waals surface area contributed by atoms with Crippen LogP contribution in [0.3, 0.4) is 0 Å². The molecule has 1 aromatic carbocycles. The summed E-state index contributed by atoms with van der Waals surface area (Å²) < 4.78 is 6.54. The van der Waals surface area contributed by atoms with Crippen LogP contribution in [-0.4, -0.2) is 27.5 Å². The van der Waals surface area contributed by atoms with Gasteiger partial charge in [0.05, 0.1) is 18.1 Å². The third-order valence-corrected chi connectivity index (χ3v) is 4.91. The lowest BCUT2D eigenvalue weighted by atomic mass is 10.2. The summed E-state index contributed by atoms with van der Waals surface area (Å²) >= 11 is 1.39. The van der Waals surface area contributed by atoms with E-state index >= 15 is 0 Å². The maximum absolute atomic E-state index is 12.3. The van der Waals surface area contributed by atoms with Crippen LogP contribution >= 0.6 is 11.3 Å². The molecule has 1 N–H and O–H groups in total. The Labute approximate surface area is 159 Å². The number of rotatable bonds is 6. The zero-order chi connectivity index (χ0) is 19.4. The fraction of sp³-hybridized carbons (Fsp3) is 0.263. The number of anilines is 1. The Morgan fingerprint density at radius 1 is 1.30 bits per heavy atom. The van der Waals surface area contributed by atoms with Gasteiger partial charge in [-0.3, -0.25) is 19.0 Å². The number of ether oxygens (including phenoxy) is 1. The predicted octanol–water partition coefficient (Wildman–Crippen LogP) is 2.73. The second kappa shape index (κ2) is 8.13. The summed E-state index contributed by atoms with van der Waals surface area (Å²) in [6, 6.07) is 9.06. The number of para-hydroxylation sites is 1. The normalized spacial score (nSPS) is 11.9. The van der Waals surface area contributed by atoms with Crippen LogP contribution in [0.4, 0.5) is 5.69 Å². The van der Waals surface area contributed by atoms with Crippen molar-refractivity contribution in [1.29, 1.82) is 0 Å². The smallest absolute Gasteiger partial charge is 0.308 e. The molecule has 1 amide bonds. The van der Waals surface area contributed by atoms with E-state index in [1.165, 1.54) is 29.2 Å². The lowest BCUT2D eigenvalue weighted by molar-refractivity contribution is -0.153. The van der Waals surface area contributed by atoms with Crippen molar-refractivity contribution in [1.82, 2.24) is 9.55 Å². The molecule has 1 unspecified atom stereocenters. The van der Waals surface area contributed by atoms with Gasteiger partial charge in [0.2, 0.25) is 0 Å². The van der Waals surface area contributed by atoms with Gasteiger partial charge in [-0.25, -0.2) is 4.98 Å². The Morgan fingerprint density at radius 2 is 2.07 bits per heavy atom. The van der Waals surface area contributed by atoms with Gasteiger partial charge in [0.15, 0.2) is 6.10 Å². The highest BCUT2D eigenvalue weighted by Gasteiger charge is 2.18. The summed E-state index contributed by atoms with van der Waals surface area (Å²) in [5.41, 5.74) is 1.39. The van der Waals surface area contributed by atoms with E-state index in [9.17, 15) is 14.4 Å². The minimum Gasteiger partial charge on any atom is -0.452 e. The third-order valence-electron chi connectivity index (χ3n) is 4.09. The van der Waals surface area contributed by atoms with E-state index in [0.717, 1.165) is 5.56 Å². The molecule has 1 atom stereocenters. The number of nitrogens with one attached hydrogen (secondary N) is 1. The van der Waals surface area contributed by atoms with Gasteiger partial charge in [0.1, 0.15) is 4.83 Å². The highest BCUT2D eigenvalue weighted by atomic mass is 32.1. The molecule has 2 heterocycles. The van der Waals surface area contributed by atoms with Crippen LogP contribution in [0.15, 0.2) is 46.8 Å². The number of aryl methyl sites for hydroxylation is 2. The molecule has 2 aromatic heterocycles. The van der Waals surface area contributed by atoms with E-state index in [1.54, 1.807) is 17.5 Å². The van der Waals surface area contributed by atoms with E-state index in [0.29, 0.717) is 15.9 Å². The Kier molecular flexibility index (Phi) is 5.66. The zero-order valence-electron chi connectivity index (χ0n) is 15.0. The van der Waals surface area contributed by atoms with Crippen molar-refractivity contribution in [2.24, 2.45) is 0 Å². The van der Waals surface area contributed by atoms with Gasteiger partial charge in [-0.1, -0.05) is 18.2 Å². The number of fused-ring (bicyclic) bond motifs is 1. The quantitative estimate of drug-likeness (QED) is 0.659. The number of carbonyl (C=O) groups is 2. The van der Waals surface area contributed by atoms with Gasteiger partial charge in [-0.05, 0) is 36.9 Å². The minimum atomic E-state index is -0.939. The summed E-state index contributed by atoms with van der Waals surface area (Å²) in [7, 11) is 0. The van der Waals surface area contributed by atoms with Crippen LogP contribution in [0.25, 0.3) is 10.2 Å². The van der Waals surface area contributed by atoms with Crippen molar-refractivity contribution >= 4 is 39.1 Å². The molecule has 0 saturated heterocycles. The molecule has 0 aliphatic carbocycles. The predicted molar refractivity (Wildman–Crippen MR) is 104 cm³/mol. The fourth-order valence-electron chi connectivity index (χ4n) is 2.52. The molecule has 0 aliphatic rings. The first-order chi connectivity index (χ1) is 13.0. The van der Waals surface area contributed by atoms with E-state index in [2.05, 4.69) is 10.3 Å². The number of hydrogen-bond acceptors (Lipinski definition) is 6. The SMILES string of the molecule is Cc1ccccc1NC(=O)C(C)OC(=O)CCn1cnc2sccc2c1=O. The number of thiophene rings is 1. The molecule has 3 aromatic rings. The lowest BCUT2D eigenvalue weighted by Crippen LogP contribution is -2.31. The van der Waals surface area contributed by atoms with E-state index in [-0.39, 0.29) is 18.5 Å². The molecule has 0 saturated carbocycles. The molecule has 3 rings (SSSR count). The first-order valence-electron chi connectivity index (χ1n) is 8.44. The Hall–Kier alpha value is -3.00. The van der Waals surface area contributed by atoms with Crippen LogP contribution in [-0.2, 0) is 20.9 Å². The number of hydrogen-bond donors (Lipinski definition) is 1. The third kappa shape index (κ3) is 4.40.